The number of likely N-dealkylation sites (tertiary alicyclic amines) is 1. The van der Waals surface area contributed by atoms with Crippen molar-refractivity contribution in [2.45, 2.75) is 30.7 Å². The Hall–Kier alpha value is -1.98. The van der Waals surface area contributed by atoms with E-state index in [1.165, 1.54) is 21.3 Å². The molecule has 1 N–H and O–H groups in total. The average molecular weight is 480 g/mol. The highest BCUT2D eigenvalue weighted by molar-refractivity contribution is 7.89. The van der Waals surface area contributed by atoms with Gasteiger partial charge in [-0.25, -0.2) is 8.42 Å². The molecule has 0 spiro atoms. The summed E-state index contributed by atoms with van der Waals surface area (Å²) in [6.07, 6.45) is 2.08. The molecule has 174 valence electrons. The first-order valence-corrected chi connectivity index (χ1v) is 13.2. The van der Waals surface area contributed by atoms with Gasteiger partial charge in [-0.2, -0.15) is 4.31 Å². The summed E-state index contributed by atoms with van der Waals surface area (Å²) in [7, 11) is -3.68. The van der Waals surface area contributed by atoms with Crippen LogP contribution in [-0.4, -0.2) is 69.5 Å². The summed E-state index contributed by atoms with van der Waals surface area (Å²) in [5, 5.41) is 4.95. The Bertz CT molecular complexity index is 1020. The third-order valence-corrected chi connectivity index (χ3v) is 8.58. The first kappa shape index (κ1) is 23.2. The van der Waals surface area contributed by atoms with Crippen LogP contribution < -0.4 is 10.1 Å². The number of thiophene rings is 1. The molecule has 3 heterocycles. The fourth-order valence-corrected chi connectivity index (χ4v) is 6.51. The zero-order valence-electron chi connectivity index (χ0n) is 18.2. The number of nitrogens with zero attached hydrogens (tertiary/aromatic N) is 2. The molecule has 4 rings (SSSR count). The van der Waals surface area contributed by atoms with E-state index in [2.05, 4.69) is 21.7 Å². The third kappa shape index (κ3) is 5.15. The van der Waals surface area contributed by atoms with Gasteiger partial charge < -0.3 is 14.8 Å². The summed E-state index contributed by atoms with van der Waals surface area (Å²) in [6.45, 7) is 4.74. The fourth-order valence-electron chi connectivity index (χ4n) is 4.18. The number of carbonyl (C=O) groups is 1. The number of amides is 1. The molecule has 8 nitrogen and oxygen atoms in total. The molecule has 2 aliphatic rings. The van der Waals surface area contributed by atoms with Gasteiger partial charge in [0, 0.05) is 24.0 Å². The Morgan fingerprint density at radius 3 is 2.78 bits per heavy atom. The monoisotopic (exact) mass is 479 g/mol. The molecule has 2 fully saturated rings. The number of anilines is 1. The zero-order chi connectivity index (χ0) is 22.6. The summed E-state index contributed by atoms with van der Waals surface area (Å²) in [6, 6.07) is 9.02. The molecule has 32 heavy (non-hydrogen) atoms. The van der Waals surface area contributed by atoms with Crippen LogP contribution in [0, 0.1) is 0 Å². The van der Waals surface area contributed by atoms with Crippen molar-refractivity contribution in [2.75, 3.05) is 51.3 Å². The van der Waals surface area contributed by atoms with Gasteiger partial charge in [-0.3, -0.25) is 9.69 Å². The molecule has 2 aliphatic heterocycles. The minimum Gasteiger partial charge on any atom is -0.492 e. The van der Waals surface area contributed by atoms with Gasteiger partial charge in [0.15, 0.2) is 0 Å². The van der Waals surface area contributed by atoms with Crippen LogP contribution in [0.2, 0.25) is 0 Å². The molecule has 0 aliphatic carbocycles. The largest absolute Gasteiger partial charge is 0.492 e. The van der Waals surface area contributed by atoms with Gasteiger partial charge in [-0.15, -0.1) is 11.3 Å². The second-order valence-electron chi connectivity index (χ2n) is 7.80. The normalized spacial score (nSPS) is 20.3. The fraction of sp³-hybridized carbons (Fsp3) is 0.500. The van der Waals surface area contributed by atoms with Crippen molar-refractivity contribution in [1.29, 1.82) is 0 Å². The van der Waals surface area contributed by atoms with Gasteiger partial charge in [0.05, 0.1) is 36.9 Å². The van der Waals surface area contributed by atoms with Crippen molar-refractivity contribution in [3.05, 3.63) is 40.6 Å². The predicted molar refractivity (Wildman–Crippen MR) is 124 cm³/mol. The Balaban J connectivity index is 1.51. The number of rotatable bonds is 8. The molecule has 1 amide bonds. The lowest BCUT2D eigenvalue weighted by Gasteiger charge is -2.26. The molecule has 0 bridgehead atoms. The second kappa shape index (κ2) is 10.3. The van der Waals surface area contributed by atoms with E-state index in [-0.39, 0.29) is 23.4 Å². The lowest BCUT2D eigenvalue weighted by atomic mass is 10.2. The van der Waals surface area contributed by atoms with Crippen LogP contribution in [0.25, 0.3) is 0 Å². The molecule has 1 aromatic heterocycles. The van der Waals surface area contributed by atoms with E-state index in [0.29, 0.717) is 44.3 Å². The summed E-state index contributed by atoms with van der Waals surface area (Å²) in [4.78, 5) is 16.5. The SMILES string of the molecule is CCOc1ccc(S(=O)(=O)N2CCOCC2)cc1NC(=O)CN1CCCC1c1cccs1. The van der Waals surface area contributed by atoms with E-state index in [0.717, 1.165) is 19.4 Å². The number of carbonyl (C=O) groups excluding carboxylic acids is 1. The lowest BCUT2D eigenvalue weighted by Crippen LogP contribution is -2.40. The van der Waals surface area contributed by atoms with Crippen molar-refractivity contribution in [3.8, 4) is 5.75 Å². The molecule has 0 radical (unpaired) electrons. The van der Waals surface area contributed by atoms with E-state index in [1.54, 1.807) is 17.4 Å². The maximum Gasteiger partial charge on any atom is 0.243 e. The highest BCUT2D eigenvalue weighted by Gasteiger charge is 2.30. The van der Waals surface area contributed by atoms with Crippen LogP contribution in [-0.2, 0) is 19.6 Å². The summed E-state index contributed by atoms with van der Waals surface area (Å²) < 4.78 is 38.4. The van der Waals surface area contributed by atoms with Crippen LogP contribution in [0.3, 0.4) is 0 Å². The Morgan fingerprint density at radius 2 is 2.06 bits per heavy atom. The minimum atomic E-state index is -3.68. The highest BCUT2D eigenvalue weighted by Crippen LogP contribution is 2.34. The lowest BCUT2D eigenvalue weighted by molar-refractivity contribution is -0.117. The smallest absolute Gasteiger partial charge is 0.243 e. The van der Waals surface area contributed by atoms with E-state index < -0.39 is 10.0 Å². The van der Waals surface area contributed by atoms with Crippen LogP contribution in [0.4, 0.5) is 5.69 Å². The maximum absolute atomic E-state index is 13.1. The first-order chi connectivity index (χ1) is 15.5. The number of benzene rings is 1. The van der Waals surface area contributed by atoms with Crippen LogP contribution in [0.1, 0.15) is 30.7 Å². The van der Waals surface area contributed by atoms with Gasteiger partial charge in [0.2, 0.25) is 15.9 Å². The van der Waals surface area contributed by atoms with Gasteiger partial charge >= 0.3 is 0 Å². The highest BCUT2D eigenvalue weighted by atomic mass is 32.2. The average Bonchev–Trinajstić information content (AvgIpc) is 3.47. The molecule has 1 unspecified atom stereocenters. The van der Waals surface area contributed by atoms with Gasteiger partial charge in [-0.05, 0) is 56.0 Å². The zero-order valence-corrected chi connectivity index (χ0v) is 19.8. The Labute approximate surface area is 193 Å². The van der Waals surface area contributed by atoms with Crippen molar-refractivity contribution >= 4 is 33.0 Å². The molecular weight excluding hydrogens is 450 g/mol. The summed E-state index contributed by atoms with van der Waals surface area (Å²) >= 11 is 1.71. The quantitative estimate of drug-likeness (QED) is 0.626. The Kier molecular flexibility index (Phi) is 7.47. The summed E-state index contributed by atoms with van der Waals surface area (Å²) in [5.41, 5.74) is 0.373. The van der Waals surface area contributed by atoms with Crippen LogP contribution >= 0.6 is 11.3 Å². The molecular formula is C22H29N3O5S2. The van der Waals surface area contributed by atoms with Crippen molar-refractivity contribution in [1.82, 2.24) is 9.21 Å². The summed E-state index contributed by atoms with van der Waals surface area (Å²) in [5.74, 6) is 0.272. The standard InChI is InChI=1S/C22H29N3O5S2/c1-2-30-20-8-7-17(32(27,28)25-10-12-29-13-11-25)15-18(20)23-22(26)16-24-9-3-5-19(24)21-6-4-14-31-21/h4,6-8,14-15,19H,2-3,5,9-13,16H2,1H3,(H,23,26). The number of sulfonamides is 1. The molecule has 0 saturated carbocycles. The van der Waals surface area contributed by atoms with E-state index in [1.807, 2.05) is 13.0 Å². The van der Waals surface area contributed by atoms with Crippen molar-refractivity contribution in [3.63, 3.8) is 0 Å². The van der Waals surface area contributed by atoms with Gasteiger partial charge in [0.25, 0.3) is 0 Å². The Morgan fingerprint density at radius 1 is 1.25 bits per heavy atom. The first-order valence-electron chi connectivity index (χ1n) is 10.9. The van der Waals surface area contributed by atoms with Crippen LogP contribution in [0.15, 0.2) is 40.6 Å². The van der Waals surface area contributed by atoms with Crippen molar-refractivity contribution < 1.29 is 22.7 Å². The third-order valence-electron chi connectivity index (χ3n) is 5.71. The van der Waals surface area contributed by atoms with Gasteiger partial charge in [0.1, 0.15) is 5.75 Å². The van der Waals surface area contributed by atoms with Crippen molar-refractivity contribution in [2.24, 2.45) is 0 Å². The molecule has 1 atom stereocenters. The number of morpholine rings is 1. The van der Waals surface area contributed by atoms with E-state index in [4.69, 9.17) is 9.47 Å². The number of ether oxygens (including phenoxy) is 2. The molecule has 10 heteroatoms. The topological polar surface area (TPSA) is 88.2 Å². The number of hydrogen-bond donors (Lipinski definition) is 1. The predicted octanol–water partition coefficient (Wildman–Crippen LogP) is 2.94. The molecule has 2 saturated heterocycles. The van der Waals surface area contributed by atoms with Gasteiger partial charge in [-0.1, -0.05) is 6.07 Å². The van der Waals surface area contributed by atoms with E-state index >= 15 is 0 Å². The molecule has 2 aromatic rings. The van der Waals surface area contributed by atoms with Crippen LogP contribution in [0.5, 0.6) is 5.75 Å². The maximum atomic E-state index is 13.1. The van der Waals surface area contributed by atoms with E-state index in [9.17, 15) is 13.2 Å². The minimum absolute atomic E-state index is 0.135. The number of hydrogen-bond acceptors (Lipinski definition) is 7. The molecule has 1 aromatic carbocycles. The number of nitrogens with one attached hydrogen (secondary N) is 1. The second-order valence-corrected chi connectivity index (χ2v) is 10.7.